The summed E-state index contributed by atoms with van der Waals surface area (Å²) in [5, 5.41) is 0.261. The van der Waals surface area contributed by atoms with E-state index in [2.05, 4.69) is 73.0 Å². The van der Waals surface area contributed by atoms with Gasteiger partial charge in [0.15, 0.2) is 0 Å². The highest BCUT2D eigenvalue weighted by Gasteiger charge is 2.51. The highest BCUT2D eigenvalue weighted by Crippen LogP contribution is 2.37. The van der Waals surface area contributed by atoms with Gasteiger partial charge in [-0.2, -0.15) is 0 Å². The fourth-order valence-corrected chi connectivity index (χ4v) is 3.18. The van der Waals surface area contributed by atoms with Crippen molar-refractivity contribution in [2.24, 2.45) is 0 Å². The molecule has 142 valence electrons. The SMILES string of the molecule is CC1(C)OB(c2cccc(OCC#C[Si](C)(C)C(C)(C)C)c2)OC1(C)C. The number of rotatable bonds is 3. The van der Waals surface area contributed by atoms with E-state index >= 15 is 0 Å². The van der Waals surface area contributed by atoms with E-state index in [1.165, 1.54) is 0 Å². The third kappa shape index (κ3) is 4.54. The Morgan fingerprint density at radius 2 is 1.65 bits per heavy atom. The second-order valence-electron chi connectivity index (χ2n) is 9.63. The van der Waals surface area contributed by atoms with Crippen LogP contribution in [0.4, 0.5) is 0 Å². The quantitative estimate of drug-likeness (QED) is 0.581. The second kappa shape index (κ2) is 7.07. The average Bonchev–Trinajstić information content (AvgIpc) is 2.71. The van der Waals surface area contributed by atoms with Gasteiger partial charge in [-0.3, -0.25) is 0 Å². The monoisotopic (exact) mass is 372 g/mol. The van der Waals surface area contributed by atoms with Crippen molar-refractivity contribution in [1.29, 1.82) is 0 Å². The minimum absolute atomic E-state index is 0.261. The molecule has 1 aliphatic rings. The Bertz CT molecular complexity index is 692. The van der Waals surface area contributed by atoms with Crippen molar-refractivity contribution in [3.8, 4) is 17.2 Å². The molecule has 0 aliphatic carbocycles. The van der Waals surface area contributed by atoms with Crippen LogP contribution in [-0.4, -0.2) is 33.0 Å². The Hall–Kier alpha value is -1.22. The van der Waals surface area contributed by atoms with Crippen molar-refractivity contribution in [3.63, 3.8) is 0 Å². The van der Waals surface area contributed by atoms with E-state index in [0.717, 1.165) is 11.2 Å². The summed E-state index contributed by atoms with van der Waals surface area (Å²) in [7, 11) is -1.96. The van der Waals surface area contributed by atoms with Crippen molar-refractivity contribution >= 4 is 20.7 Å². The summed E-state index contributed by atoms with van der Waals surface area (Å²) in [4.78, 5) is 0. The third-order valence-electron chi connectivity index (χ3n) is 5.97. The fraction of sp³-hybridized carbons (Fsp3) is 0.619. The predicted octanol–water partition coefficient (Wildman–Crippen LogP) is 4.42. The lowest BCUT2D eigenvalue weighted by Gasteiger charge is -2.32. The molecule has 1 aromatic rings. The minimum atomic E-state index is -1.59. The van der Waals surface area contributed by atoms with Gasteiger partial charge in [0.2, 0.25) is 0 Å². The molecule has 0 unspecified atom stereocenters. The summed E-state index contributed by atoms with van der Waals surface area (Å²) in [6.07, 6.45) is 0. The summed E-state index contributed by atoms with van der Waals surface area (Å²) >= 11 is 0. The molecule has 1 aromatic carbocycles. The molecule has 1 heterocycles. The molecule has 1 fully saturated rings. The van der Waals surface area contributed by atoms with E-state index in [-0.39, 0.29) is 23.4 Å². The van der Waals surface area contributed by atoms with Gasteiger partial charge in [-0.05, 0) is 50.3 Å². The molecule has 0 atom stereocenters. The van der Waals surface area contributed by atoms with Gasteiger partial charge in [-0.25, -0.2) is 0 Å². The van der Waals surface area contributed by atoms with Crippen LogP contribution >= 0.6 is 0 Å². The molecule has 0 N–H and O–H groups in total. The smallest absolute Gasteiger partial charge is 0.481 e. The van der Waals surface area contributed by atoms with Gasteiger partial charge >= 0.3 is 7.12 Å². The summed E-state index contributed by atoms with van der Waals surface area (Å²) in [6, 6.07) is 7.91. The van der Waals surface area contributed by atoms with Crippen LogP contribution in [0.5, 0.6) is 5.75 Å². The predicted molar refractivity (Wildman–Crippen MR) is 113 cm³/mol. The molecular weight excluding hydrogens is 339 g/mol. The molecule has 1 aliphatic heterocycles. The van der Waals surface area contributed by atoms with Gasteiger partial charge in [0.1, 0.15) is 20.4 Å². The van der Waals surface area contributed by atoms with Crippen molar-refractivity contribution in [2.45, 2.75) is 77.8 Å². The maximum Gasteiger partial charge on any atom is 0.494 e. The van der Waals surface area contributed by atoms with Gasteiger partial charge in [-0.1, -0.05) is 51.9 Å². The van der Waals surface area contributed by atoms with Gasteiger partial charge in [0.25, 0.3) is 0 Å². The zero-order valence-corrected chi connectivity index (χ0v) is 18.8. The molecule has 3 nitrogen and oxygen atoms in total. The maximum absolute atomic E-state index is 6.11. The van der Waals surface area contributed by atoms with E-state index in [4.69, 9.17) is 14.0 Å². The van der Waals surface area contributed by atoms with Gasteiger partial charge in [-0.15, -0.1) is 5.54 Å². The lowest BCUT2D eigenvalue weighted by molar-refractivity contribution is 0.00578. The Morgan fingerprint density at radius 1 is 1.08 bits per heavy atom. The first kappa shape index (κ1) is 21.1. The van der Waals surface area contributed by atoms with E-state index in [1.54, 1.807) is 0 Å². The van der Waals surface area contributed by atoms with Crippen LogP contribution < -0.4 is 10.2 Å². The largest absolute Gasteiger partial charge is 0.494 e. The molecule has 0 spiro atoms. The first-order valence-electron chi connectivity index (χ1n) is 9.34. The third-order valence-corrected chi connectivity index (χ3v) is 10.5. The normalized spacial score (nSPS) is 19.0. The van der Waals surface area contributed by atoms with Gasteiger partial charge in [0, 0.05) is 0 Å². The van der Waals surface area contributed by atoms with Crippen LogP contribution in [0.25, 0.3) is 0 Å². The number of benzene rings is 1. The number of hydrogen-bond donors (Lipinski definition) is 0. The molecule has 5 heteroatoms. The van der Waals surface area contributed by atoms with Crippen molar-refractivity contribution in [1.82, 2.24) is 0 Å². The highest BCUT2D eigenvalue weighted by atomic mass is 28.3. The maximum atomic E-state index is 6.11. The lowest BCUT2D eigenvalue weighted by atomic mass is 9.79. The fourth-order valence-electron chi connectivity index (χ4n) is 2.29. The Labute approximate surface area is 161 Å². The molecule has 26 heavy (non-hydrogen) atoms. The number of ether oxygens (including phenoxy) is 1. The Morgan fingerprint density at radius 3 is 2.19 bits per heavy atom. The second-order valence-corrected chi connectivity index (χ2v) is 14.6. The number of hydrogen-bond acceptors (Lipinski definition) is 3. The Kier molecular flexibility index (Phi) is 5.73. The van der Waals surface area contributed by atoms with Crippen molar-refractivity contribution < 1.29 is 14.0 Å². The molecular formula is C21H33BO3Si. The molecule has 0 radical (unpaired) electrons. The van der Waals surface area contributed by atoms with Crippen LogP contribution in [0, 0.1) is 11.5 Å². The average molecular weight is 372 g/mol. The van der Waals surface area contributed by atoms with Crippen molar-refractivity contribution in [3.05, 3.63) is 24.3 Å². The zero-order chi connectivity index (χ0) is 19.8. The summed E-state index contributed by atoms with van der Waals surface area (Å²) < 4.78 is 18.1. The van der Waals surface area contributed by atoms with E-state index in [1.807, 2.05) is 24.3 Å². The van der Waals surface area contributed by atoms with E-state index < -0.39 is 8.07 Å². The van der Waals surface area contributed by atoms with Gasteiger partial charge < -0.3 is 14.0 Å². The van der Waals surface area contributed by atoms with E-state index in [0.29, 0.717) is 6.61 Å². The highest BCUT2D eigenvalue weighted by molar-refractivity contribution is 6.87. The molecule has 0 saturated carbocycles. The first-order chi connectivity index (χ1) is 11.8. The summed E-state index contributed by atoms with van der Waals surface area (Å²) in [6.45, 7) is 20.0. The standard InChI is InChI=1S/C21H33BO3Si/c1-19(2,3)26(8,9)15-11-14-23-18-13-10-12-17(16-18)22-24-20(4,5)21(6,7)25-22/h10,12-13,16H,14H2,1-9H3. The van der Waals surface area contributed by atoms with Crippen LogP contribution in [0.3, 0.4) is 0 Å². The molecule has 0 bridgehead atoms. The first-order valence-corrected chi connectivity index (χ1v) is 12.3. The molecule has 2 rings (SSSR count). The van der Waals surface area contributed by atoms with Crippen LogP contribution in [0.15, 0.2) is 24.3 Å². The van der Waals surface area contributed by atoms with Crippen LogP contribution in [-0.2, 0) is 9.31 Å². The molecule has 1 saturated heterocycles. The van der Waals surface area contributed by atoms with Crippen LogP contribution in [0.1, 0.15) is 48.5 Å². The molecule has 0 aromatic heterocycles. The summed E-state index contributed by atoms with van der Waals surface area (Å²) in [5.41, 5.74) is 3.76. The van der Waals surface area contributed by atoms with Crippen molar-refractivity contribution in [2.75, 3.05) is 6.61 Å². The topological polar surface area (TPSA) is 27.7 Å². The summed E-state index contributed by atoms with van der Waals surface area (Å²) in [5.74, 6) is 4.02. The lowest BCUT2D eigenvalue weighted by Crippen LogP contribution is -2.41. The Balaban J connectivity index is 2.04. The van der Waals surface area contributed by atoms with Gasteiger partial charge in [0.05, 0.1) is 11.2 Å². The minimum Gasteiger partial charge on any atom is -0.481 e. The molecule has 0 amide bonds. The van der Waals surface area contributed by atoms with Crippen LogP contribution in [0.2, 0.25) is 18.1 Å². The van der Waals surface area contributed by atoms with E-state index in [9.17, 15) is 0 Å². The zero-order valence-electron chi connectivity index (χ0n) is 17.8.